The van der Waals surface area contributed by atoms with E-state index in [1.807, 2.05) is 13.0 Å². The molecule has 0 radical (unpaired) electrons. The van der Waals surface area contributed by atoms with Gasteiger partial charge in [0.05, 0.1) is 11.6 Å². The van der Waals surface area contributed by atoms with E-state index in [0.717, 1.165) is 31.7 Å². The van der Waals surface area contributed by atoms with Crippen LogP contribution in [0, 0.1) is 11.7 Å². The lowest BCUT2D eigenvalue weighted by molar-refractivity contribution is 0.0834. The Morgan fingerprint density at radius 1 is 1.36 bits per heavy atom. The molecule has 2 fully saturated rings. The highest BCUT2D eigenvalue weighted by atomic mass is 35.5. The number of ether oxygens (including phenoxy) is 1. The fourth-order valence-electron chi connectivity index (χ4n) is 3.53. The van der Waals surface area contributed by atoms with Crippen LogP contribution in [-0.4, -0.2) is 37.7 Å². The number of piperazine rings is 1. The van der Waals surface area contributed by atoms with Crippen LogP contribution >= 0.6 is 11.6 Å². The summed E-state index contributed by atoms with van der Waals surface area (Å²) in [5, 5.41) is 3.77. The summed E-state index contributed by atoms with van der Waals surface area (Å²) in [5.74, 6) is 0.455. The summed E-state index contributed by atoms with van der Waals surface area (Å²) < 4.78 is 19.7. The first-order chi connectivity index (χ1) is 10.7. The molecule has 1 aliphatic heterocycles. The van der Waals surface area contributed by atoms with Crippen LogP contribution in [0.15, 0.2) is 12.1 Å². The Labute approximate surface area is 136 Å². The standard InChI is InChI=1S/C17H24ClFN2O/c1-2-22-17-14(18)10-13(11-15(17)19)16(12-4-3-5-12)21-8-6-20-7-9-21/h10-12,16,20H,2-9H2,1H3/t16-/m1/s1. The Morgan fingerprint density at radius 3 is 2.64 bits per heavy atom. The highest BCUT2D eigenvalue weighted by Crippen LogP contribution is 2.43. The van der Waals surface area contributed by atoms with Crippen molar-refractivity contribution in [2.45, 2.75) is 32.2 Å². The summed E-state index contributed by atoms with van der Waals surface area (Å²) in [4.78, 5) is 2.48. The van der Waals surface area contributed by atoms with Gasteiger partial charge in [0, 0.05) is 32.2 Å². The van der Waals surface area contributed by atoms with Crippen molar-refractivity contribution >= 4 is 11.6 Å². The molecule has 22 heavy (non-hydrogen) atoms. The maximum absolute atomic E-state index is 14.4. The van der Waals surface area contributed by atoms with Crippen LogP contribution in [0.3, 0.4) is 0 Å². The van der Waals surface area contributed by atoms with Crippen molar-refractivity contribution in [3.05, 3.63) is 28.5 Å². The largest absolute Gasteiger partial charge is 0.489 e. The van der Waals surface area contributed by atoms with Gasteiger partial charge in [0.1, 0.15) is 0 Å². The molecule has 1 aromatic carbocycles. The Hall–Kier alpha value is -0.840. The van der Waals surface area contributed by atoms with Gasteiger partial charge in [-0.05, 0) is 43.4 Å². The molecule has 5 heteroatoms. The van der Waals surface area contributed by atoms with E-state index >= 15 is 0 Å². The van der Waals surface area contributed by atoms with Gasteiger partial charge in [-0.3, -0.25) is 4.90 Å². The predicted molar refractivity (Wildman–Crippen MR) is 87.1 cm³/mol. The molecule has 0 spiro atoms. The molecule has 0 aromatic heterocycles. The average molecular weight is 327 g/mol. The summed E-state index contributed by atoms with van der Waals surface area (Å²) in [6.07, 6.45) is 3.72. The maximum atomic E-state index is 14.4. The monoisotopic (exact) mass is 326 g/mol. The fourth-order valence-corrected chi connectivity index (χ4v) is 3.80. The third kappa shape index (κ3) is 3.24. The van der Waals surface area contributed by atoms with Crippen molar-refractivity contribution in [2.24, 2.45) is 5.92 Å². The van der Waals surface area contributed by atoms with E-state index in [1.54, 1.807) is 6.07 Å². The summed E-state index contributed by atoms with van der Waals surface area (Å²) >= 11 is 6.27. The van der Waals surface area contributed by atoms with Crippen LogP contribution < -0.4 is 10.1 Å². The van der Waals surface area contributed by atoms with Crippen LogP contribution in [-0.2, 0) is 0 Å². The Bertz CT molecular complexity index is 492. The molecule has 1 heterocycles. The third-order valence-corrected chi connectivity index (χ3v) is 5.07. The topological polar surface area (TPSA) is 24.5 Å². The number of benzene rings is 1. The molecule has 2 aliphatic rings. The molecular weight excluding hydrogens is 303 g/mol. The molecule has 0 amide bonds. The zero-order valence-electron chi connectivity index (χ0n) is 13.1. The minimum absolute atomic E-state index is 0.181. The minimum Gasteiger partial charge on any atom is -0.489 e. The molecule has 1 saturated carbocycles. The number of nitrogens with one attached hydrogen (secondary N) is 1. The molecule has 122 valence electrons. The van der Waals surface area contributed by atoms with Crippen molar-refractivity contribution in [1.29, 1.82) is 0 Å². The van der Waals surface area contributed by atoms with Gasteiger partial charge in [-0.25, -0.2) is 4.39 Å². The van der Waals surface area contributed by atoms with E-state index < -0.39 is 0 Å². The quantitative estimate of drug-likeness (QED) is 0.894. The molecule has 1 atom stereocenters. The van der Waals surface area contributed by atoms with Gasteiger partial charge in [0.2, 0.25) is 0 Å². The first-order valence-electron chi connectivity index (χ1n) is 8.27. The number of hydrogen-bond donors (Lipinski definition) is 1. The average Bonchev–Trinajstić information content (AvgIpc) is 2.47. The molecule has 1 aliphatic carbocycles. The van der Waals surface area contributed by atoms with E-state index in [4.69, 9.17) is 16.3 Å². The normalized spacial score (nSPS) is 21.4. The van der Waals surface area contributed by atoms with Crippen molar-refractivity contribution in [3.8, 4) is 5.75 Å². The second kappa shape index (κ2) is 7.16. The zero-order valence-corrected chi connectivity index (χ0v) is 13.8. The van der Waals surface area contributed by atoms with Crippen LogP contribution in [0.2, 0.25) is 5.02 Å². The smallest absolute Gasteiger partial charge is 0.173 e. The second-order valence-corrected chi connectivity index (χ2v) is 6.58. The summed E-state index contributed by atoms with van der Waals surface area (Å²) in [5.41, 5.74) is 0.998. The summed E-state index contributed by atoms with van der Waals surface area (Å²) in [6, 6.07) is 3.81. The lowest BCUT2D eigenvalue weighted by Crippen LogP contribution is -2.47. The van der Waals surface area contributed by atoms with Crippen LogP contribution in [0.5, 0.6) is 5.75 Å². The minimum atomic E-state index is -0.344. The van der Waals surface area contributed by atoms with Gasteiger partial charge in [-0.2, -0.15) is 0 Å². The third-order valence-electron chi connectivity index (χ3n) is 4.79. The summed E-state index contributed by atoms with van der Waals surface area (Å²) in [7, 11) is 0. The molecular formula is C17H24ClFN2O. The molecule has 0 unspecified atom stereocenters. The molecule has 1 saturated heterocycles. The maximum Gasteiger partial charge on any atom is 0.173 e. The molecule has 1 aromatic rings. The summed E-state index contributed by atoms with van der Waals surface area (Å²) in [6.45, 7) is 6.26. The molecule has 3 nitrogen and oxygen atoms in total. The lowest BCUT2D eigenvalue weighted by atomic mass is 9.76. The van der Waals surface area contributed by atoms with E-state index in [1.165, 1.54) is 19.3 Å². The lowest BCUT2D eigenvalue weighted by Gasteiger charge is -2.43. The van der Waals surface area contributed by atoms with E-state index in [-0.39, 0.29) is 17.6 Å². The van der Waals surface area contributed by atoms with E-state index in [9.17, 15) is 4.39 Å². The predicted octanol–water partition coefficient (Wildman–Crippen LogP) is 3.62. The van der Waals surface area contributed by atoms with E-state index in [2.05, 4.69) is 10.2 Å². The van der Waals surface area contributed by atoms with Crippen molar-refractivity contribution in [1.82, 2.24) is 10.2 Å². The first kappa shape index (κ1) is 16.0. The second-order valence-electron chi connectivity index (χ2n) is 6.17. The van der Waals surface area contributed by atoms with Gasteiger partial charge in [-0.1, -0.05) is 18.0 Å². The van der Waals surface area contributed by atoms with Gasteiger partial charge < -0.3 is 10.1 Å². The number of halogens is 2. The van der Waals surface area contributed by atoms with Crippen molar-refractivity contribution in [2.75, 3.05) is 32.8 Å². The molecule has 1 N–H and O–H groups in total. The van der Waals surface area contributed by atoms with Gasteiger partial charge >= 0.3 is 0 Å². The van der Waals surface area contributed by atoms with Crippen LogP contribution in [0.25, 0.3) is 0 Å². The Kier molecular flexibility index (Phi) is 5.21. The van der Waals surface area contributed by atoms with Gasteiger partial charge in [-0.15, -0.1) is 0 Å². The Balaban J connectivity index is 1.90. The SMILES string of the molecule is CCOc1c(F)cc([C@@H](C2CCC2)N2CCNCC2)cc1Cl. The van der Waals surface area contributed by atoms with E-state index in [0.29, 0.717) is 17.5 Å². The van der Waals surface area contributed by atoms with Gasteiger partial charge in [0.25, 0.3) is 0 Å². The first-order valence-corrected chi connectivity index (χ1v) is 8.65. The van der Waals surface area contributed by atoms with Crippen molar-refractivity contribution in [3.63, 3.8) is 0 Å². The Morgan fingerprint density at radius 2 is 2.09 bits per heavy atom. The molecule has 0 bridgehead atoms. The molecule has 3 rings (SSSR count). The fraction of sp³-hybridized carbons (Fsp3) is 0.647. The number of rotatable bonds is 5. The van der Waals surface area contributed by atoms with Crippen LogP contribution in [0.1, 0.15) is 37.8 Å². The highest BCUT2D eigenvalue weighted by molar-refractivity contribution is 6.32. The highest BCUT2D eigenvalue weighted by Gasteiger charge is 2.34. The van der Waals surface area contributed by atoms with Crippen molar-refractivity contribution < 1.29 is 9.13 Å². The number of hydrogen-bond acceptors (Lipinski definition) is 3. The van der Waals surface area contributed by atoms with Crippen LogP contribution in [0.4, 0.5) is 4.39 Å². The van der Waals surface area contributed by atoms with Gasteiger partial charge in [0.15, 0.2) is 11.6 Å². The zero-order chi connectivity index (χ0) is 15.5. The number of nitrogens with zero attached hydrogens (tertiary/aromatic N) is 1.